The molecular weight excluding hydrogens is 360 g/mol. The molecule has 0 spiro atoms. The molecule has 0 fully saturated rings. The first kappa shape index (κ1) is 23.0. The first-order chi connectivity index (χ1) is 13.7. The molecule has 0 aliphatic heterocycles. The highest BCUT2D eigenvalue weighted by Crippen LogP contribution is 2.41. The summed E-state index contributed by atoms with van der Waals surface area (Å²) < 4.78 is 5.10. The average Bonchev–Trinajstić information content (AvgIpc) is 2.61. The molecule has 0 aromatic heterocycles. The van der Waals surface area contributed by atoms with Crippen LogP contribution in [-0.4, -0.2) is 17.7 Å². The molecule has 1 aromatic carbocycles. The average molecular weight is 397 g/mol. The Balaban J connectivity index is 2.09. The van der Waals surface area contributed by atoms with E-state index in [1.807, 2.05) is 19.1 Å². The van der Waals surface area contributed by atoms with Gasteiger partial charge < -0.3 is 9.84 Å². The largest absolute Gasteiger partial charge is 0.506 e. The van der Waals surface area contributed by atoms with E-state index < -0.39 is 5.97 Å². The van der Waals surface area contributed by atoms with Crippen molar-refractivity contribution in [1.82, 2.24) is 0 Å². The Morgan fingerprint density at radius 3 is 2.62 bits per heavy atom. The van der Waals surface area contributed by atoms with Crippen LogP contribution in [0.1, 0.15) is 87.4 Å². The molecule has 1 aromatic rings. The zero-order valence-corrected chi connectivity index (χ0v) is 18.9. The van der Waals surface area contributed by atoms with Crippen LogP contribution in [0.4, 0.5) is 0 Å². The fourth-order valence-electron chi connectivity index (χ4n) is 3.97. The number of hydrogen-bond donors (Lipinski definition) is 1. The summed E-state index contributed by atoms with van der Waals surface area (Å²) in [5, 5.41) is 10.7. The number of allylic oxidation sites excluding steroid dienone is 5. The van der Waals surface area contributed by atoms with Gasteiger partial charge in [-0.1, -0.05) is 48.4 Å². The Bertz CT molecular complexity index is 838. The fraction of sp³-hybridized carbons (Fsp3) is 0.500. The van der Waals surface area contributed by atoms with Gasteiger partial charge in [-0.25, -0.2) is 4.79 Å². The molecule has 1 atom stereocenters. The molecule has 29 heavy (non-hydrogen) atoms. The van der Waals surface area contributed by atoms with Crippen LogP contribution in [0.25, 0.3) is 6.08 Å². The van der Waals surface area contributed by atoms with E-state index in [4.69, 9.17) is 4.74 Å². The van der Waals surface area contributed by atoms with Crippen LogP contribution in [0.3, 0.4) is 0 Å². The number of hydrogen-bond acceptors (Lipinski definition) is 3. The van der Waals surface area contributed by atoms with Crippen molar-refractivity contribution in [2.24, 2.45) is 5.41 Å². The van der Waals surface area contributed by atoms with Gasteiger partial charge in [0.2, 0.25) is 0 Å². The molecule has 0 saturated heterocycles. The highest BCUT2D eigenvalue weighted by atomic mass is 16.5. The number of esters is 1. The van der Waals surface area contributed by atoms with Crippen molar-refractivity contribution in [3.8, 4) is 5.75 Å². The van der Waals surface area contributed by atoms with E-state index in [1.54, 1.807) is 6.92 Å². The van der Waals surface area contributed by atoms with Crippen LogP contribution in [0.5, 0.6) is 5.75 Å². The van der Waals surface area contributed by atoms with Crippen LogP contribution in [-0.2, 0) is 11.2 Å². The summed E-state index contributed by atoms with van der Waals surface area (Å²) in [6.07, 6.45) is 14.0. The van der Waals surface area contributed by atoms with Crippen LogP contribution in [0.15, 0.2) is 35.4 Å². The second-order valence-corrected chi connectivity index (χ2v) is 8.78. The van der Waals surface area contributed by atoms with Gasteiger partial charge in [0.1, 0.15) is 11.3 Å². The number of rotatable bonds is 8. The van der Waals surface area contributed by atoms with E-state index in [2.05, 4.69) is 45.9 Å². The molecule has 0 saturated carbocycles. The normalized spacial score (nSPS) is 18.3. The second kappa shape index (κ2) is 9.96. The zero-order valence-electron chi connectivity index (χ0n) is 18.9. The Kier molecular flexibility index (Phi) is 7.89. The summed E-state index contributed by atoms with van der Waals surface area (Å²) in [6.45, 7) is 12.7. The van der Waals surface area contributed by atoms with Gasteiger partial charge in [-0.05, 0) is 83.3 Å². The summed E-state index contributed by atoms with van der Waals surface area (Å²) in [6, 6.07) is 2.03. The fourth-order valence-corrected chi connectivity index (χ4v) is 3.97. The maximum Gasteiger partial charge on any atom is 0.342 e. The van der Waals surface area contributed by atoms with E-state index >= 15 is 0 Å². The molecule has 1 aliphatic rings. The number of fused-ring (bicyclic) bond motifs is 1. The zero-order chi connectivity index (χ0) is 21.6. The number of phenolic OH excluding ortho intramolecular Hbond substituents is 1. The SMILES string of the molecule is CCOC(=O)c1c(C)cc2c(c1O)C=C[C@](C)(CC/C=C(\C)CCC=C(C)C)C2. The van der Waals surface area contributed by atoms with Gasteiger partial charge in [0, 0.05) is 5.56 Å². The van der Waals surface area contributed by atoms with Crippen molar-refractivity contribution in [3.63, 3.8) is 0 Å². The molecule has 0 unspecified atom stereocenters. The standard InChI is InChI=1S/C26H36O3/c1-7-29-25(28)23-20(5)16-21-17-26(6,15-13-22(21)24(23)27)14-9-12-19(4)11-8-10-18(2)3/h10,12-13,15-16,27H,7-9,11,14,17H2,1-6H3/b19-12+/t26-/m0/s1. The number of phenols is 1. The third-order valence-electron chi connectivity index (χ3n) is 5.65. The summed E-state index contributed by atoms with van der Waals surface area (Å²) >= 11 is 0. The molecule has 0 heterocycles. The highest BCUT2D eigenvalue weighted by Gasteiger charge is 2.29. The van der Waals surface area contributed by atoms with Gasteiger partial charge in [0.05, 0.1) is 6.61 Å². The summed E-state index contributed by atoms with van der Waals surface area (Å²) in [5.41, 5.74) is 5.78. The Morgan fingerprint density at radius 2 is 1.97 bits per heavy atom. The van der Waals surface area contributed by atoms with E-state index in [9.17, 15) is 9.90 Å². The Hall–Kier alpha value is -2.29. The molecule has 3 heteroatoms. The topological polar surface area (TPSA) is 46.5 Å². The minimum Gasteiger partial charge on any atom is -0.506 e. The predicted octanol–water partition coefficient (Wildman–Crippen LogP) is 6.93. The highest BCUT2D eigenvalue weighted by molar-refractivity contribution is 5.96. The lowest BCUT2D eigenvalue weighted by Gasteiger charge is -2.31. The number of carbonyl (C=O) groups is 1. The van der Waals surface area contributed by atoms with Gasteiger partial charge in [-0.15, -0.1) is 0 Å². The minimum absolute atomic E-state index is 0.0479. The van der Waals surface area contributed by atoms with Crippen LogP contribution >= 0.6 is 0 Å². The van der Waals surface area contributed by atoms with E-state index in [-0.39, 0.29) is 16.7 Å². The minimum atomic E-state index is -0.458. The molecule has 158 valence electrons. The number of ether oxygens (including phenoxy) is 1. The molecule has 0 bridgehead atoms. The molecule has 0 amide bonds. The third kappa shape index (κ3) is 6.09. The van der Waals surface area contributed by atoms with Crippen LogP contribution in [0, 0.1) is 12.3 Å². The van der Waals surface area contributed by atoms with Crippen LogP contribution in [0.2, 0.25) is 0 Å². The van der Waals surface area contributed by atoms with E-state index in [0.717, 1.165) is 48.8 Å². The maximum atomic E-state index is 12.2. The molecular formula is C26H36O3. The van der Waals surface area contributed by atoms with E-state index in [1.165, 1.54) is 11.1 Å². The molecule has 3 nitrogen and oxygen atoms in total. The van der Waals surface area contributed by atoms with Crippen LogP contribution < -0.4 is 0 Å². The lowest BCUT2D eigenvalue weighted by Crippen LogP contribution is -2.21. The maximum absolute atomic E-state index is 12.2. The first-order valence-electron chi connectivity index (χ1n) is 10.7. The van der Waals surface area contributed by atoms with Crippen molar-refractivity contribution in [3.05, 3.63) is 57.7 Å². The van der Waals surface area contributed by atoms with Gasteiger partial charge in [0.25, 0.3) is 0 Å². The van der Waals surface area contributed by atoms with Crippen molar-refractivity contribution in [2.75, 3.05) is 6.61 Å². The molecule has 1 N–H and O–H groups in total. The Labute approximate surface area is 176 Å². The number of carbonyl (C=O) groups excluding carboxylic acids is 1. The second-order valence-electron chi connectivity index (χ2n) is 8.78. The van der Waals surface area contributed by atoms with Crippen molar-refractivity contribution in [1.29, 1.82) is 0 Å². The Morgan fingerprint density at radius 1 is 1.24 bits per heavy atom. The van der Waals surface area contributed by atoms with E-state index in [0.29, 0.717) is 6.61 Å². The van der Waals surface area contributed by atoms with Crippen molar-refractivity contribution >= 4 is 12.0 Å². The number of aromatic hydroxyl groups is 1. The molecule has 0 radical (unpaired) electrons. The van der Waals surface area contributed by atoms with Gasteiger partial charge in [-0.3, -0.25) is 0 Å². The monoisotopic (exact) mass is 396 g/mol. The summed E-state index contributed by atoms with van der Waals surface area (Å²) in [4.78, 5) is 12.2. The number of benzene rings is 1. The van der Waals surface area contributed by atoms with Gasteiger partial charge in [0.15, 0.2) is 0 Å². The van der Waals surface area contributed by atoms with Gasteiger partial charge in [-0.2, -0.15) is 0 Å². The lowest BCUT2D eigenvalue weighted by molar-refractivity contribution is 0.0522. The molecule has 2 rings (SSSR count). The first-order valence-corrected chi connectivity index (χ1v) is 10.7. The smallest absolute Gasteiger partial charge is 0.342 e. The summed E-state index contributed by atoms with van der Waals surface area (Å²) in [7, 11) is 0. The summed E-state index contributed by atoms with van der Waals surface area (Å²) in [5.74, 6) is -0.410. The van der Waals surface area contributed by atoms with Crippen molar-refractivity contribution < 1.29 is 14.6 Å². The molecule has 1 aliphatic carbocycles. The quantitative estimate of drug-likeness (QED) is 0.383. The van der Waals surface area contributed by atoms with Crippen molar-refractivity contribution in [2.45, 2.75) is 73.6 Å². The predicted molar refractivity (Wildman–Crippen MR) is 121 cm³/mol. The third-order valence-corrected chi connectivity index (χ3v) is 5.65. The number of aryl methyl sites for hydroxylation is 1. The van der Waals surface area contributed by atoms with Gasteiger partial charge >= 0.3 is 5.97 Å². The lowest BCUT2D eigenvalue weighted by atomic mass is 9.74.